The van der Waals surface area contributed by atoms with Crippen molar-refractivity contribution in [2.24, 2.45) is 7.05 Å². The molecule has 0 aromatic carbocycles. The Bertz CT molecular complexity index is 283. The zero-order valence-corrected chi connectivity index (χ0v) is 6.54. The van der Waals surface area contributed by atoms with E-state index in [2.05, 4.69) is 4.98 Å². The highest BCUT2D eigenvalue weighted by molar-refractivity contribution is 4.94. The first-order chi connectivity index (χ1) is 5.61. The van der Waals surface area contributed by atoms with E-state index in [0.717, 1.165) is 0 Å². The Balaban J connectivity index is 2.71. The lowest BCUT2D eigenvalue weighted by Crippen LogP contribution is -2.15. The molecule has 0 aliphatic rings. The summed E-state index contributed by atoms with van der Waals surface area (Å²) in [5.41, 5.74) is 0. The molecule has 1 aromatic rings. The largest absolute Gasteiger partial charge is 0.379 e. The van der Waals surface area contributed by atoms with E-state index in [-0.39, 0.29) is 0 Å². The molecule has 1 atom stereocenters. The Hall–Kier alpha value is -1.43. The van der Waals surface area contributed by atoms with Gasteiger partial charge in [-0.15, -0.1) is 0 Å². The van der Waals surface area contributed by atoms with E-state index < -0.39 is 17.6 Å². The molecule has 0 saturated heterocycles. The van der Waals surface area contributed by atoms with Gasteiger partial charge in [0, 0.05) is 24.4 Å². The van der Waals surface area contributed by atoms with E-state index in [1.807, 2.05) is 0 Å². The van der Waals surface area contributed by atoms with Crippen molar-refractivity contribution in [2.75, 3.05) is 6.54 Å². The molecule has 1 N–H and O–H groups in total. The summed E-state index contributed by atoms with van der Waals surface area (Å²) >= 11 is 0. The SMILES string of the molecule is Cn1ccnc1[C@H](O)C[N+](=O)[O-]. The topological polar surface area (TPSA) is 81.2 Å². The summed E-state index contributed by atoms with van der Waals surface area (Å²) in [6.45, 7) is -0.509. The summed E-state index contributed by atoms with van der Waals surface area (Å²) in [6, 6.07) is 0. The molecule has 0 bridgehead atoms. The summed E-state index contributed by atoms with van der Waals surface area (Å²) in [5, 5.41) is 19.3. The molecule has 0 aliphatic heterocycles. The molecule has 1 heterocycles. The van der Waals surface area contributed by atoms with Crippen molar-refractivity contribution >= 4 is 0 Å². The van der Waals surface area contributed by atoms with Gasteiger partial charge in [0.25, 0.3) is 0 Å². The Kier molecular flexibility index (Phi) is 2.39. The molecule has 1 rings (SSSR count). The number of aryl methyl sites for hydroxylation is 1. The molecule has 0 fully saturated rings. The quantitative estimate of drug-likeness (QED) is 0.501. The second kappa shape index (κ2) is 3.31. The van der Waals surface area contributed by atoms with Crippen LogP contribution in [0.1, 0.15) is 11.9 Å². The highest BCUT2D eigenvalue weighted by Crippen LogP contribution is 2.08. The molecule has 66 valence electrons. The molecule has 6 nitrogen and oxygen atoms in total. The maximum absolute atomic E-state index is 10.0. The Morgan fingerprint density at radius 1 is 1.92 bits per heavy atom. The van der Waals surface area contributed by atoms with Crippen molar-refractivity contribution in [1.29, 1.82) is 0 Å². The predicted molar refractivity (Wildman–Crippen MR) is 40.0 cm³/mol. The van der Waals surface area contributed by atoms with Gasteiger partial charge in [-0.1, -0.05) is 0 Å². The van der Waals surface area contributed by atoms with Gasteiger partial charge in [-0.05, 0) is 0 Å². The predicted octanol–water partition coefficient (Wildman–Crippen LogP) is -0.270. The van der Waals surface area contributed by atoms with E-state index in [4.69, 9.17) is 0 Å². The van der Waals surface area contributed by atoms with E-state index in [0.29, 0.717) is 5.82 Å². The second-order valence-corrected chi connectivity index (χ2v) is 2.43. The first kappa shape index (κ1) is 8.66. The Labute approximate surface area is 68.6 Å². The average molecular weight is 171 g/mol. The maximum Gasteiger partial charge on any atom is 0.236 e. The van der Waals surface area contributed by atoms with Gasteiger partial charge in [-0.3, -0.25) is 10.1 Å². The lowest BCUT2D eigenvalue weighted by Gasteiger charge is -2.04. The highest BCUT2D eigenvalue weighted by atomic mass is 16.6. The first-order valence-corrected chi connectivity index (χ1v) is 3.38. The van der Waals surface area contributed by atoms with Crippen molar-refractivity contribution in [2.45, 2.75) is 6.10 Å². The fraction of sp³-hybridized carbons (Fsp3) is 0.500. The van der Waals surface area contributed by atoms with Gasteiger partial charge in [-0.2, -0.15) is 0 Å². The number of aromatic nitrogens is 2. The van der Waals surface area contributed by atoms with Crippen LogP contribution in [0.15, 0.2) is 12.4 Å². The standard InChI is InChI=1S/C6H9N3O3/c1-8-3-2-7-6(8)5(10)4-9(11)12/h2-3,5,10H,4H2,1H3/t5-/m1/s1. The van der Waals surface area contributed by atoms with Crippen LogP contribution in [0.4, 0.5) is 0 Å². The molecule has 1 aromatic heterocycles. The van der Waals surface area contributed by atoms with Crippen molar-refractivity contribution in [3.05, 3.63) is 28.3 Å². The zero-order chi connectivity index (χ0) is 9.14. The van der Waals surface area contributed by atoms with E-state index in [1.54, 1.807) is 17.8 Å². The van der Waals surface area contributed by atoms with Crippen LogP contribution in [0.25, 0.3) is 0 Å². The molecule has 0 unspecified atom stereocenters. The van der Waals surface area contributed by atoms with Gasteiger partial charge in [0.1, 0.15) is 5.82 Å². The third-order valence-corrected chi connectivity index (χ3v) is 1.48. The van der Waals surface area contributed by atoms with Crippen molar-refractivity contribution in [3.63, 3.8) is 0 Å². The van der Waals surface area contributed by atoms with Gasteiger partial charge in [-0.25, -0.2) is 4.98 Å². The van der Waals surface area contributed by atoms with Gasteiger partial charge >= 0.3 is 0 Å². The van der Waals surface area contributed by atoms with Crippen LogP contribution in [0.5, 0.6) is 0 Å². The molecule has 12 heavy (non-hydrogen) atoms. The average Bonchev–Trinajstić information content (AvgIpc) is 2.33. The van der Waals surface area contributed by atoms with Crippen LogP contribution < -0.4 is 0 Å². The number of hydrogen-bond acceptors (Lipinski definition) is 4. The fourth-order valence-electron chi connectivity index (χ4n) is 0.921. The molecule has 0 aliphatic carbocycles. The Morgan fingerprint density at radius 3 is 3.00 bits per heavy atom. The van der Waals surface area contributed by atoms with Gasteiger partial charge in [0.2, 0.25) is 6.54 Å². The van der Waals surface area contributed by atoms with E-state index in [1.165, 1.54) is 6.20 Å². The second-order valence-electron chi connectivity index (χ2n) is 2.43. The Morgan fingerprint density at radius 2 is 2.58 bits per heavy atom. The monoisotopic (exact) mass is 171 g/mol. The summed E-state index contributed by atoms with van der Waals surface area (Å²) in [5.74, 6) is 0.312. The van der Waals surface area contributed by atoms with E-state index >= 15 is 0 Å². The molecule has 0 saturated carbocycles. The van der Waals surface area contributed by atoms with Gasteiger partial charge in [0.15, 0.2) is 6.10 Å². The summed E-state index contributed by atoms with van der Waals surface area (Å²) in [7, 11) is 1.67. The number of nitrogens with zero attached hydrogens (tertiary/aromatic N) is 3. The van der Waals surface area contributed by atoms with Crippen LogP contribution in [0, 0.1) is 10.1 Å². The first-order valence-electron chi connectivity index (χ1n) is 3.38. The molecule has 6 heteroatoms. The third kappa shape index (κ3) is 1.79. The van der Waals surface area contributed by atoms with Gasteiger partial charge in [0.05, 0.1) is 0 Å². The summed E-state index contributed by atoms with van der Waals surface area (Å²) < 4.78 is 1.55. The van der Waals surface area contributed by atoms with E-state index in [9.17, 15) is 15.2 Å². The molecule has 0 spiro atoms. The number of hydrogen-bond donors (Lipinski definition) is 1. The highest BCUT2D eigenvalue weighted by Gasteiger charge is 2.17. The third-order valence-electron chi connectivity index (χ3n) is 1.48. The minimum atomic E-state index is -1.13. The normalized spacial score (nSPS) is 12.8. The van der Waals surface area contributed by atoms with Crippen LogP contribution in [-0.2, 0) is 7.05 Å². The number of imidazole rings is 1. The van der Waals surface area contributed by atoms with Crippen molar-refractivity contribution in [1.82, 2.24) is 9.55 Å². The summed E-state index contributed by atoms with van der Waals surface area (Å²) in [4.78, 5) is 13.2. The molecular formula is C6H9N3O3. The van der Waals surface area contributed by atoms with Crippen LogP contribution in [0.3, 0.4) is 0 Å². The van der Waals surface area contributed by atoms with Crippen molar-refractivity contribution in [3.8, 4) is 0 Å². The molecule has 0 radical (unpaired) electrons. The van der Waals surface area contributed by atoms with Crippen LogP contribution >= 0.6 is 0 Å². The molecular weight excluding hydrogens is 162 g/mol. The zero-order valence-electron chi connectivity index (χ0n) is 6.54. The fourth-order valence-corrected chi connectivity index (χ4v) is 0.921. The minimum Gasteiger partial charge on any atom is -0.379 e. The van der Waals surface area contributed by atoms with Crippen LogP contribution in [-0.4, -0.2) is 26.1 Å². The number of nitro groups is 1. The number of rotatable bonds is 3. The number of aliphatic hydroxyl groups is 1. The smallest absolute Gasteiger partial charge is 0.236 e. The van der Waals surface area contributed by atoms with Crippen LogP contribution in [0.2, 0.25) is 0 Å². The lowest BCUT2D eigenvalue weighted by atomic mass is 10.3. The minimum absolute atomic E-state index is 0.312. The molecule has 0 amide bonds. The van der Waals surface area contributed by atoms with Gasteiger partial charge < -0.3 is 9.67 Å². The maximum atomic E-state index is 10.0. The number of aliphatic hydroxyl groups excluding tert-OH is 1. The summed E-state index contributed by atoms with van der Waals surface area (Å²) in [6.07, 6.45) is 1.98. The van der Waals surface area contributed by atoms with Crippen molar-refractivity contribution < 1.29 is 10.0 Å². The lowest BCUT2D eigenvalue weighted by molar-refractivity contribution is -0.491.